The molecule has 3 aromatic rings. The van der Waals surface area contributed by atoms with Crippen molar-refractivity contribution in [3.05, 3.63) is 47.2 Å². The molecule has 0 aliphatic carbocycles. The van der Waals surface area contributed by atoms with Crippen molar-refractivity contribution in [1.29, 1.82) is 0 Å². The molecule has 0 amide bonds. The Bertz CT molecular complexity index is 1040. The average Bonchev–Trinajstić information content (AvgIpc) is 3.30. The number of oxazole rings is 1. The van der Waals surface area contributed by atoms with Gasteiger partial charge in [-0.2, -0.15) is 0 Å². The van der Waals surface area contributed by atoms with Gasteiger partial charge in [-0.3, -0.25) is 0 Å². The van der Waals surface area contributed by atoms with Crippen LogP contribution in [0.1, 0.15) is 18.4 Å². The second-order valence-electron chi connectivity index (χ2n) is 6.38. The first-order valence-corrected chi connectivity index (χ1v) is 11.2. The number of thiophene rings is 1. The second kappa shape index (κ2) is 8.34. The van der Waals surface area contributed by atoms with Crippen molar-refractivity contribution in [2.45, 2.75) is 25.3 Å². The minimum atomic E-state index is -3.51. The van der Waals surface area contributed by atoms with E-state index in [-0.39, 0.29) is 4.90 Å². The number of nitrogens with one attached hydrogen (secondary N) is 2. The van der Waals surface area contributed by atoms with Gasteiger partial charge in [-0.1, -0.05) is 6.07 Å². The molecule has 0 saturated heterocycles. The zero-order chi connectivity index (χ0) is 20.3. The number of anilines is 2. The van der Waals surface area contributed by atoms with Crippen LogP contribution in [0.15, 0.2) is 45.0 Å². The summed E-state index contributed by atoms with van der Waals surface area (Å²) in [4.78, 5) is 5.78. The van der Waals surface area contributed by atoms with Crippen LogP contribution in [-0.2, 0) is 16.6 Å². The fourth-order valence-electron chi connectivity index (χ4n) is 2.66. The minimum Gasteiger partial charge on any atom is -0.440 e. The maximum Gasteiger partial charge on any atom is 0.242 e. The highest BCUT2D eigenvalue weighted by molar-refractivity contribution is 7.89. The normalized spacial score (nSPS) is 11.8. The van der Waals surface area contributed by atoms with E-state index in [1.165, 1.54) is 18.4 Å². The van der Waals surface area contributed by atoms with E-state index < -0.39 is 10.0 Å². The van der Waals surface area contributed by atoms with Gasteiger partial charge < -0.3 is 15.1 Å². The van der Waals surface area contributed by atoms with E-state index in [4.69, 9.17) is 4.42 Å². The maximum atomic E-state index is 12.5. The van der Waals surface area contributed by atoms with Crippen molar-refractivity contribution in [3.8, 4) is 10.8 Å². The molecule has 1 aromatic carbocycles. The number of nitrogens with zero attached hydrogens (tertiary/aromatic N) is 2. The van der Waals surface area contributed by atoms with Crippen LogP contribution in [-0.4, -0.2) is 38.3 Å². The second-order valence-corrected chi connectivity index (χ2v) is 9.48. The van der Waals surface area contributed by atoms with Crippen molar-refractivity contribution in [3.63, 3.8) is 0 Å². The SMILES string of the molecule is CCNc1ccc(S(=O)(=O)N(C)C)cc1NCc1nc(-c2cccs2)oc1C. The third kappa shape index (κ3) is 4.21. The van der Waals surface area contributed by atoms with Gasteiger partial charge in [0.1, 0.15) is 11.5 Å². The third-order valence-corrected chi connectivity index (χ3v) is 6.88. The van der Waals surface area contributed by atoms with Crippen LogP contribution < -0.4 is 10.6 Å². The fourth-order valence-corrected chi connectivity index (χ4v) is 4.24. The smallest absolute Gasteiger partial charge is 0.242 e. The molecule has 0 bridgehead atoms. The highest BCUT2D eigenvalue weighted by Crippen LogP contribution is 2.29. The molecular formula is C19H24N4O3S2. The quantitative estimate of drug-likeness (QED) is 0.573. The molecule has 9 heteroatoms. The zero-order valence-corrected chi connectivity index (χ0v) is 17.9. The van der Waals surface area contributed by atoms with E-state index in [9.17, 15) is 8.42 Å². The first-order valence-electron chi connectivity index (χ1n) is 8.87. The molecule has 2 aromatic heterocycles. The first-order chi connectivity index (χ1) is 13.3. The number of rotatable bonds is 8. The standard InChI is InChI=1S/C19H24N4O3S2/c1-5-20-15-9-8-14(28(24,25)23(3)4)11-16(15)21-12-17-13(2)26-19(22-17)18-7-6-10-27-18/h6-11,20-21H,5,12H2,1-4H3. The molecule has 7 nitrogen and oxygen atoms in total. The molecular weight excluding hydrogens is 396 g/mol. The number of aryl methyl sites for hydroxylation is 1. The molecule has 28 heavy (non-hydrogen) atoms. The summed E-state index contributed by atoms with van der Waals surface area (Å²) in [5.74, 6) is 1.33. The van der Waals surface area contributed by atoms with Gasteiger partial charge in [-0.25, -0.2) is 17.7 Å². The lowest BCUT2D eigenvalue weighted by Crippen LogP contribution is -2.22. The van der Waals surface area contributed by atoms with Crippen LogP contribution in [0.25, 0.3) is 10.8 Å². The van der Waals surface area contributed by atoms with Crippen LogP contribution >= 0.6 is 11.3 Å². The van der Waals surface area contributed by atoms with E-state index in [0.717, 1.165) is 28.6 Å². The highest BCUT2D eigenvalue weighted by Gasteiger charge is 2.19. The fraction of sp³-hybridized carbons (Fsp3) is 0.316. The molecule has 0 saturated carbocycles. The average molecular weight is 421 g/mol. The molecule has 2 heterocycles. The summed E-state index contributed by atoms with van der Waals surface area (Å²) in [5.41, 5.74) is 2.32. The minimum absolute atomic E-state index is 0.234. The van der Waals surface area contributed by atoms with E-state index in [0.29, 0.717) is 18.1 Å². The summed E-state index contributed by atoms with van der Waals surface area (Å²) in [6.45, 7) is 5.01. The monoisotopic (exact) mass is 420 g/mol. The Morgan fingerprint density at radius 2 is 1.96 bits per heavy atom. The largest absolute Gasteiger partial charge is 0.440 e. The van der Waals surface area contributed by atoms with E-state index in [1.807, 2.05) is 31.4 Å². The van der Waals surface area contributed by atoms with Crippen molar-refractivity contribution in [2.24, 2.45) is 0 Å². The maximum absolute atomic E-state index is 12.5. The molecule has 150 valence electrons. The van der Waals surface area contributed by atoms with Crippen molar-refractivity contribution in [2.75, 3.05) is 31.3 Å². The summed E-state index contributed by atoms with van der Waals surface area (Å²) in [6, 6.07) is 8.94. The van der Waals surface area contributed by atoms with Crippen LogP contribution in [0.2, 0.25) is 0 Å². The number of aromatic nitrogens is 1. The predicted octanol–water partition coefficient (Wildman–Crippen LogP) is 4.01. The van der Waals surface area contributed by atoms with Crippen LogP contribution in [0, 0.1) is 6.92 Å². The lowest BCUT2D eigenvalue weighted by Gasteiger charge is -2.16. The number of hydrogen-bond acceptors (Lipinski definition) is 7. The van der Waals surface area contributed by atoms with Crippen molar-refractivity contribution < 1.29 is 12.8 Å². The van der Waals surface area contributed by atoms with Crippen molar-refractivity contribution >= 4 is 32.7 Å². The van der Waals surface area contributed by atoms with Gasteiger partial charge in [0.05, 0.1) is 27.7 Å². The molecule has 0 aliphatic heterocycles. The Morgan fingerprint density at radius 3 is 2.61 bits per heavy atom. The Labute approximate surface area is 169 Å². The molecule has 0 atom stereocenters. The summed E-state index contributed by atoms with van der Waals surface area (Å²) in [5, 5.41) is 8.53. The Hall–Kier alpha value is -2.36. The first kappa shape index (κ1) is 20.4. The molecule has 0 unspecified atom stereocenters. The highest BCUT2D eigenvalue weighted by atomic mass is 32.2. The lowest BCUT2D eigenvalue weighted by atomic mass is 10.2. The molecule has 3 rings (SSSR count). The molecule has 2 N–H and O–H groups in total. The van der Waals surface area contributed by atoms with Gasteiger partial charge in [-0.15, -0.1) is 11.3 Å². The van der Waals surface area contributed by atoms with E-state index >= 15 is 0 Å². The summed E-state index contributed by atoms with van der Waals surface area (Å²) < 4.78 is 31.9. The van der Waals surface area contributed by atoms with Crippen LogP contribution in [0.4, 0.5) is 11.4 Å². The molecule has 0 spiro atoms. The predicted molar refractivity (Wildman–Crippen MR) is 113 cm³/mol. The Morgan fingerprint density at radius 1 is 1.18 bits per heavy atom. The third-order valence-electron chi connectivity index (χ3n) is 4.21. The molecule has 0 fully saturated rings. The van der Waals surface area contributed by atoms with Crippen LogP contribution in [0.3, 0.4) is 0 Å². The number of sulfonamides is 1. The van der Waals surface area contributed by atoms with Gasteiger partial charge in [0.15, 0.2) is 0 Å². The number of benzene rings is 1. The number of hydrogen-bond donors (Lipinski definition) is 2. The van der Waals surface area contributed by atoms with E-state index in [2.05, 4.69) is 15.6 Å². The topological polar surface area (TPSA) is 87.5 Å². The van der Waals surface area contributed by atoms with Crippen molar-refractivity contribution in [1.82, 2.24) is 9.29 Å². The summed E-state index contributed by atoms with van der Waals surface area (Å²) >= 11 is 1.57. The Balaban J connectivity index is 1.87. The van der Waals surface area contributed by atoms with Gasteiger partial charge in [0.25, 0.3) is 0 Å². The van der Waals surface area contributed by atoms with Gasteiger partial charge >= 0.3 is 0 Å². The zero-order valence-electron chi connectivity index (χ0n) is 16.3. The van der Waals surface area contributed by atoms with Gasteiger partial charge in [0, 0.05) is 20.6 Å². The summed E-state index contributed by atoms with van der Waals surface area (Å²) in [6.07, 6.45) is 0. The summed E-state index contributed by atoms with van der Waals surface area (Å²) in [7, 11) is -0.476. The molecule has 0 aliphatic rings. The Kier molecular flexibility index (Phi) is 6.07. The molecule has 0 radical (unpaired) electrons. The van der Waals surface area contributed by atoms with Gasteiger partial charge in [-0.05, 0) is 43.5 Å². The van der Waals surface area contributed by atoms with Crippen LogP contribution in [0.5, 0.6) is 0 Å². The van der Waals surface area contributed by atoms with E-state index in [1.54, 1.807) is 29.5 Å². The lowest BCUT2D eigenvalue weighted by molar-refractivity contribution is 0.521. The van der Waals surface area contributed by atoms with Gasteiger partial charge in [0.2, 0.25) is 15.9 Å².